The van der Waals surface area contributed by atoms with Crippen molar-refractivity contribution in [1.82, 2.24) is 5.32 Å². The summed E-state index contributed by atoms with van der Waals surface area (Å²) in [6.45, 7) is 4.01. The molecule has 1 aromatic rings. The minimum Gasteiger partial charge on any atom is -0.466 e. The van der Waals surface area contributed by atoms with E-state index in [0.29, 0.717) is 12.3 Å². The maximum absolute atomic E-state index is 11.6. The molecule has 124 valence electrons. The van der Waals surface area contributed by atoms with Crippen molar-refractivity contribution in [3.8, 4) is 0 Å². The van der Waals surface area contributed by atoms with Crippen LogP contribution in [0.4, 0.5) is 5.69 Å². The lowest BCUT2D eigenvalue weighted by Gasteiger charge is -2.04. The van der Waals surface area contributed by atoms with Crippen LogP contribution in [-0.4, -0.2) is 30.9 Å². The molecule has 6 nitrogen and oxygen atoms in total. The zero-order chi connectivity index (χ0) is 17.1. The van der Waals surface area contributed by atoms with Crippen molar-refractivity contribution < 1.29 is 19.1 Å². The van der Waals surface area contributed by atoms with Gasteiger partial charge in [-0.1, -0.05) is 19.1 Å². The number of hydrogen-bond acceptors (Lipinski definition) is 4. The molecule has 0 atom stereocenters. The predicted molar refractivity (Wildman–Crippen MR) is 88.7 cm³/mol. The maximum atomic E-state index is 11.6. The second-order valence-electron chi connectivity index (χ2n) is 4.90. The molecule has 0 heterocycles. The lowest BCUT2D eigenvalue weighted by Crippen LogP contribution is -2.24. The summed E-state index contributed by atoms with van der Waals surface area (Å²) in [5.41, 5.74) is 1.53. The fraction of sp³-hybridized carbons (Fsp3) is 0.353. The van der Waals surface area contributed by atoms with Crippen LogP contribution in [0, 0.1) is 0 Å². The van der Waals surface area contributed by atoms with E-state index >= 15 is 0 Å². The molecule has 2 amide bonds. The Bertz CT molecular complexity index is 564. The molecule has 23 heavy (non-hydrogen) atoms. The summed E-state index contributed by atoms with van der Waals surface area (Å²) in [5, 5.41) is 5.28. The normalized spacial score (nSPS) is 10.3. The van der Waals surface area contributed by atoms with Crippen molar-refractivity contribution in [2.24, 2.45) is 0 Å². The lowest BCUT2D eigenvalue weighted by atomic mass is 10.2. The van der Waals surface area contributed by atoms with Crippen LogP contribution in [0.1, 0.15) is 32.3 Å². The first kappa shape index (κ1) is 18.4. The van der Waals surface area contributed by atoms with E-state index in [1.54, 1.807) is 30.3 Å². The Morgan fingerprint density at radius 3 is 2.48 bits per heavy atom. The molecule has 0 saturated carbocycles. The highest BCUT2D eigenvalue weighted by Gasteiger charge is 2.02. The van der Waals surface area contributed by atoms with Gasteiger partial charge in [-0.2, -0.15) is 0 Å². The summed E-state index contributed by atoms with van der Waals surface area (Å²) >= 11 is 0. The van der Waals surface area contributed by atoms with E-state index in [1.807, 2.05) is 6.92 Å². The number of ether oxygens (including phenoxy) is 1. The summed E-state index contributed by atoms with van der Waals surface area (Å²) in [4.78, 5) is 33.8. The fourth-order valence-electron chi connectivity index (χ4n) is 1.69. The second-order valence-corrected chi connectivity index (χ2v) is 4.90. The molecule has 0 radical (unpaired) electrons. The molecule has 0 fully saturated rings. The van der Waals surface area contributed by atoms with Gasteiger partial charge in [0.15, 0.2) is 0 Å². The Hall–Kier alpha value is -2.63. The fourth-order valence-corrected chi connectivity index (χ4v) is 1.69. The summed E-state index contributed by atoms with van der Waals surface area (Å²) in [6.07, 6.45) is 3.99. The van der Waals surface area contributed by atoms with E-state index in [0.717, 1.165) is 12.0 Å². The number of nitrogens with one attached hydrogen (secondary N) is 2. The molecule has 1 rings (SSSR count). The highest BCUT2D eigenvalue weighted by atomic mass is 16.5. The third-order valence-corrected chi connectivity index (χ3v) is 2.75. The van der Waals surface area contributed by atoms with Gasteiger partial charge >= 0.3 is 5.97 Å². The molecule has 0 aliphatic rings. The highest BCUT2D eigenvalue weighted by Crippen LogP contribution is 2.10. The minimum absolute atomic E-state index is 0.134. The topological polar surface area (TPSA) is 84.5 Å². The first-order valence-corrected chi connectivity index (χ1v) is 7.50. The van der Waals surface area contributed by atoms with Crippen LogP contribution in [-0.2, 0) is 19.1 Å². The quantitative estimate of drug-likeness (QED) is 0.568. The molecule has 0 bridgehead atoms. The van der Waals surface area contributed by atoms with Crippen LogP contribution in [0.5, 0.6) is 0 Å². The van der Waals surface area contributed by atoms with Crippen LogP contribution < -0.4 is 10.6 Å². The van der Waals surface area contributed by atoms with Gasteiger partial charge in [-0.15, -0.1) is 0 Å². The Morgan fingerprint density at radius 1 is 1.17 bits per heavy atom. The molecule has 0 aromatic heterocycles. The molecule has 6 heteroatoms. The first-order valence-electron chi connectivity index (χ1n) is 7.50. The molecule has 0 aliphatic carbocycles. The molecular weight excluding hydrogens is 296 g/mol. The first-order chi connectivity index (χ1) is 11.0. The number of esters is 1. The third kappa shape index (κ3) is 8.40. The van der Waals surface area contributed by atoms with Crippen molar-refractivity contribution in [3.05, 3.63) is 35.9 Å². The highest BCUT2D eigenvalue weighted by molar-refractivity contribution is 5.92. The van der Waals surface area contributed by atoms with Gasteiger partial charge in [0.25, 0.3) is 0 Å². The zero-order valence-electron chi connectivity index (χ0n) is 13.4. The summed E-state index contributed by atoms with van der Waals surface area (Å²) in [7, 11) is 0. The average Bonchev–Trinajstić information content (AvgIpc) is 2.51. The van der Waals surface area contributed by atoms with Gasteiger partial charge in [0.1, 0.15) is 0 Å². The largest absolute Gasteiger partial charge is 0.466 e. The molecule has 0 spiro atoms. The van der Waals surface area contributed by atoms with Crippen LogP contribution in [0.15, 0.2) is 30.3 Å². The molecule has 1 aromatic carbocycles. The summed E-state index contributed by atoms with van der Waals surface area (Å²) in [6, 6.07) is 7.08. The molecule has 0 aliphatic heterocycles. The van der Waals surface area contributed by atoms with Gasteiger partial charge in [0.2, 0.25) is 11.8 Å². The number of rotatable bonds is 8. The standard InChI is InChI=1S/C17H22N2O4/c1-3-12-23-17(22)10-11-18-16(21)9-6-14-4-7-15(8-5-14)19-13(2)20/h4-9H,3,10-12H2,1-2H3,(H,18,21)(H,19,20)/b9-6+. The van der Waals surface area contributed by atoms with Crippen LogP contribution >= 0.6 is 0 Å². The molecular formula is C17H22N2O4. The summed E-state index contributed by atoms with van der Waals surface area (Å²) < 4.78 is 4.90. The Morgan fingerprint density at radius 2 is 1.87 bits per heavy atom. The summed E-state index contributed by atoms with van der Waals surface area (Å²) in [5.74, 6) is -0.728. The van der Waals surface area contributed by atoms with Gasteiger partial charge in [0, 0.05) is 25.2 Å². The van der Waals surface area contributed by atoms with Gasteiger partial charge in [-0.3, -0.25) is 14.4 Å². The van der Waals surface area contributed by atoms with Gasteiger partial charge in [-0.05, 0) is 30.2 Å². The van der Waals surface area contributed by atoms with E-state index in [-0.39, 0.29) is 30.7 Å². The maximum Gasteiger partial charge on any atom is 0.307 e. The van der Waals surface area contributed by atoms with Crippen molar-refractivity contribution in [3.63, 3.8) is 0 Å². The number of hydrogen-bond donors (Lipinski definition) is 2. The number of carbonyl (C=O) groups excluding carboxylic acids is 3. The number of amides is 2. The van der Waals surface area contributed by atoms with Crippen molar-refractivity contribution in [2.75, 3.05) is 18.5 Å². The molecule has 2 N–H and O–H groups in total. The average molecular weight is 318 g/mol. The molecule has 0 unspecified atom stereocenters. The lowest BCUT2D eigenvalue weighted by molar-refractivity contribution is -0.143. The minimum atomic E-state index is -0.315. The van der Waals surface area contributed by atoms with E-state index in [1.165, 1.54) is 13.0 Å². The monoisotopic (exact) mass is 318 g/mol. The Kier molecular flexibility index (Phi) is 8.13. The van der Waals surface area contributed by atoms with Crippen molar-refractivity contribution in [1.29, 1.82) is 0 Å². The SMILES string of the molecule is CCCOC(=O)CCNC(=O)/C=C/c1ccc(NC(C)=O)cc1. The Balaban J connectivity index is 2.34. The van der Waals surface area contributed by atoms with Crippen LogP contribution in [0.2, 0.25) is 0 Å². The predicted octanol–water partition coefficient (Wildman–Crippen LogP) is 2.12. The zero-order valence-corrected chi connectivity index (χ0v) is 13.4. The van der Waals surface area contributed by atoms with E-state index in [9.17, 15) is 14.4 Å². The van der Waals surface area contributed by atoms with Crippen LogP contribution in [0.25, 0.3) is 6.08 Å². The van der Waals surface area contributed by atoms with E-state index in [2.05, 4.69) is 10.6 Å². The van der Waals surface area contributed by atoms with Crippen molar-refractivity contribution in [2.45, 2.75) is 26.7 Å². The number of anilines is 1. The van der Waals surface area contributed by atoms with Gasteiger partial charge < -0.3 is 15.4 Å². The van der Waals surface area contributed by atoms with Gasteiger partial charge in [-0.25, -0.2) is 0 Å². The number of carbonyl (C=O) groups is 3. The smallest absolute Gasteiger partial charge is 0.307 e. The van der Waals surface area contributed by atoms with E-state index in [4.69, 9.17) is 4.74 Å². The Labute approximate surface area is 135 Å². The number of benzene rings is 1. The van der Waals surface area contributed by atoms with E-state index < -0.39 is 0 Å². The third-order valence-electron chi connectivity index (χ3n) is 2.75. The van der Waals surface area contributed by atoms with Gasteiger partial charge in [0.05, 0.1) is 13.0 Å². The van der Waals surface area contributed by atoms with Crippen molar-refractivity contribution >= 4 is 29.5 Å². The molecule has 0 saturated heterocycles. The van der Waals surface area contributed by atoms with Crippen LogP contribution in [0.3, 0.4) is 0 Å². The second kappa shape index (κ2) is 10.2.